The molecule has 132 valence electrons. The molecule has 2 N–H and O–H groups in total. The van der Waals surface area contributed by atoms with E-state index in [9.17, 15) is 17.6 Å². The number of thioether (sulfide) groups is 2. The number of rotatable bonds is 0. The highest BCUT2D eigenvalue weighted by Gasteiger charge is 2.56. The molecule has 0 aromatic carbocycles. The summed E-state index contributed by atoms with van der Waals surface area (Å²) in [7, 11) is 0. The lowest BCUT2D eigenvalue weighted by atomic mass is 10.6. The second-order valence-electron chi connectivity index (χ2n) is 4.46. The minimum Gasteiger partial charge on any atom is -0.378 e. The fraction of sp³-hybridized carbons (Fsp3) is 1.00. The molecule has 1 aliphatic heterocycles. The van der Waals surface area contributed by atoms with Gasteiger partial charge in [0, 0.05) is 37.7 Å². The summed E-state index contributed by atoms with van der Waals surface area (Å²) in [4.78, 5) is 0. The van der Waals surface area contributed by atoms with E-state index in [-0.39, 0.29) is 48.1 Å². The van der Waals surface area contributed by atoms with Gasteiger partial charge in [-0.1, -0.05) is 23.5 Å². The van der Waals surface area contributed by atoms with E-state index >= 15 is 0 Å². The Balaban J connectivity index is 2.40. The van der Waals surface area contributed by atoms with E-state index in [1.54, 1.807) is 0 Å². The number of nitrogens with one attached hydrogen (secondary N) is 2. The third-order valence-corrected chi connectivity index (χ3v) is 4.87. The topological polar surface area (TPSA) is 42.5 Å². The fourth-order valence-electron chi connectivity index (χ4n) is 1.53. The van der Waals surface area contributed by atoms with E-state index < -0.39 is 10.5 Å². The van der Waals surface area contributed by atoms with E-state index in [1.165, 1.54) is 0 Å². The van der Waals surface area contributed by atoms with Gasteiger partial charge in [-0.05, 0) is 0 Å². The largest absolute Gasteiger partial charge is 0.378 e. The lowest BCUT2D eigenvalue weighted by Crippen LogP contribution is -2.37. The minimum absolute atomic E-state index is 0.0190. The van der Waals surface area contributed by atoms with Crippen LogP contribution in [0.1, 0.15) is 0 Å². The van der Waals surface area contributed by atoms with Crippen LogP contribution in [0.5, 0.6) is 0 Å². The molecule has 0 aromatic rings. The van der Waals surface area contributed by atoms with E-state index in [1.807, 2.05) is 0 Å². The molecule has 0 saturated carbocycles. The predicted octanol–water partition coefficient (Wildman–Crippen LogP) is 1.86. The molecule has 1 rings (SSSR count). The predicted molar refractivity (Wildman–Crippen MR) is 82.2 cm³/mol. The summed E-state index contributed by atoms with van der Waals surface area (Å²) in [5.74, 6) is -0.185. The summed E-state index contributed by atoms with van der Waals surface area (Å²) in [6.45, 7) is 3.21. The van der Waals surface area contributed by atoms with Gasteiger partial charge in [0.1, 0.15) is 0 Å². The van der Waals surface area contributed by atoms with Crippen LogP contribution in [-0.2, 0) is 9.47 Å². The van der Waals surface area contributed by atoms with Crippen LogP contribution in [0.3, 0.4) is 0 Å². The zero-order valence-corrected chi connectivity index (χ0v) is 13.8. The third kappa shape index (κ3) is 8.21. The highest BCUT2D eigenvalue weighted by atomic mass is 32.2. The number of halogens is 4. The summed E-state index contributed by atoms with van der Waals surface area (Å²) in [5, 5.41) is -2.41. The number of ether oxygens (including phenoxy) is 2. The molecule has 0 aliphatic carbocycles. The van der Waals surface area contributed by atoms with Gasteiger partial charge in [-0.2, -0.15) is 17.6 Å². The molecular weight excluding hydrogens is 344 g/mol. The molecule has 0 atom stereocenters. The van der Waals surface area contributed by atoms with Gasteiger partial charge in [-0.25, -0.2) is 0 Å². The molecule has 0 radical (unpaired) electrons. The molecule has 0 bridgehead atoms. The molecule has 1 aliphatic rings. The van der Waals surface area contributed by atoms with Crippen LogP contribution >= 0.6 is 23.5 Å². The molecule has 1 fully saturated rings. The van der Waals surface area contributed by atoms with Gasteiger partial charge in [-0.15, -0.1) is 0 Å². The van der Waals surface area contributed by atoms with Gasteiger partial charge in [-0.3, -0.25) is 0 Å². The van der Waals surface area contributed by atoms with Crippen LogP contribution in [0.4, 0.5) is 17.6 Å². The van der Waals surface area contributed by atoms with Crippen molar-refractivity contribution in [2.75, 3.05) is 64.1 Å². The van der Waals surface area contributed by atoms with Crippen molar-refractivity contribution in [2.24, 2.45) is 0 Å². The molecule has 0 unspecified atom stereocenters. The molecule has 0 spiro atoms. The van der Waals surface area contributed by atoms with Crippen molar-refractivity contribution < 1.29 is 27.0 Å². The van der Waals surface area contributed by atoms with E-state index in [2.05, 4.69) is 10.6 Å². The maximum absolute atomic E-state index is 13.5. The Morgan fingerprint density at radius 3 is 1.45 bits per heavy atom. The summed E-state index contributed by atoms with van der Waals surface area (Å²) < 4.78 is 64.6. The van der Waals surface area contributed by atoms with Crippen LogP contribution in [0.2, 0.25) is 0 Å². The summed E-state index contributed by atoms with van der Waals surface area (Å²) in [6.07, 6.45) is 0. The first-order valence-electron chi connectivity index (χ1n) is 7.06. The lowest BCUT2D eigenvalue weighted by molar-refractivity contribution is -0.0833. The third-order valence-electron chi connectivity index (χ3n) is 2.68. The Labute approximate surface area is 136 Å². The van der Waals surface area contributed by atoms with Crippen molar-refractivity contribution in [2.45, 2.75) is 10.5 Å². The summed E-state index contributed by atoms with van der Waals surface area (Å²) >= 11 is -0.0379. The normalized spacial score (nSPS) is 26.7. The van der Waals surface area contributed by atoms with E-state index in [0.29, 0.717) is 39.5 Å². The monoisotopic (exact) mass is 366 g/mol. The molecule has 10 heteroatoms. The van der Waals surface area contributed by atoms with Crippen molar-refractivity contribution in [3.05, 3.63) is 0 Å². The zero-order valence-electron chi connectivity index (χ0n) is 12.2. The van der Waals surface area contributed by atoms with Crippen molar-refractivity contribution in [3.63, 3.8) is 0 Å². The maximum Gasteiger partial charge on any atom is 0.366 e. The summed E-state index contributed by atoms with van der Waals surface area (Å²) in [6, 6.07) is 0. The lowest BCUT2D eigenvalue weighted by Gasteiger charge is -2.25. The fourth-order valence-corrected chi connectivity index (χ4v) is 3.23. The van der Waals surface area contributed by atoms with Crippen LogP contribution < -0.4 is 10.6 Å². The van der Waals surface area contributed by atoms with Crippen LogP contribution in [0.15, 0.2) is 0 Å². The van der Waals surface area contributed by atoms with E-state index in [0.717, 1.165) is 0 Å². The van der Waals surface area contributed by atoms with Gasteiger partial charge in [0.05, 0.1) is 26.4 Å². The molecular formula is C12H22F4N2O2S2. The van der Waals surface area contributed by atoms with Gasteiger partial charge in [0.25, 0.3) is 0 Å². The first kappa shape index (κ1) is 20.3. The second-order valence-corrected chi connectivity index (χ2v) is 6.87. The Kier molecular flexibility index (Phi) is 10.1. The van der Waals surface area contributed by atoms with Gasteiger partial charge >= 0.3 is 10.5 Å². The second kappa shape index (κ2) is 10.9. The standard InChI is InChI=1S/C12H22F4N2O2S2/c13-11(14)12(15,16)22-10-4-18-2-6-20-8-7-19-5-1-17-3-9-21-11/h17-18H,1-10H2. The molecule has 0 amide bonds. The van der Waals surface area contributed by atoms with Crippen LogP contribution in [0, 0.1) is 0 Å². The molecule has 0 aromatic heterocycles. The molecule has 22 heavy (non-hydrogen) atoms. The van der Waals surface area contributed by atoms with Crippen LogP contribution in [-0.4, -0.2) is 74.6 Å². The van der Waals surface area contributed by atoms with Crippen molar-refractivity contribution >= 4 is 23.5 Å². The zero-order chi connectivity index (χ0) is 16.3. The first-order valence-corrected chi connectivity index (χ1v) is 9.03. The van der Waals surface area contributed by atoms with Crippen LogP contribution in [0.25, 0.3) is 0 Å². The Morgan fingerprint density at radius 2 is 1.05 bits per heavy atom. The SMILES string of the molecule is FC1(F)SCCNCCOCCOCCNCCSC1(F)F. The quantitative estimate of drug-likeness (QED) is 0.638. The highest BCUT2D eigenvalue weighted by Crippen LogP contribution is 2.49. The minimum atomic E-state index is -4.08. The number of hydrogen-bond acceptors (Lipinski definition) is 6. The Bertz CT molecular complexity index is 274. The average molecular weight is 366 g/mol. The summed E-state index contributed by atoms with van der Waals surface area (Å²) in [5.41, 5.74) is 0. The van der Waals surface area contributed by atoms with Gasteiger partial charge in [0.2, 0.25) is 0 Å². The first-order chi connectivity index (χ1) is 10.5. The van der Waals surface area contributed by atoms with Gasteiger partial charge < -0.3 is 20.1 Å². The highest BCUT2D eigenvalue weighted by molar-refractivity contribution is 8.04. The Morgan fingerprint density at radius 1 is 0.636 bits per heavy atom. The molecule has 4 nitrogen and oxygen atoms in total. The number of hydrogen-bond donors (Lipinski definition) is 2. The van der Waals surface area contributed by atoms with Gasteiger partial charge in [0.15, 0.2) is 0 Å². The maximum atomic E-state index is 13.5. The van der Waals surface area contributed by atoms with E-state index in [4.69, 9.17) is 9.47 Å². The molecule has 1 heterocycles. The van der Waals surface area contributed by atoms with Crippen molar-refractivity contribution in [1.29, 1.82) is 0 Å². The van der Waals surface area contributed by atoms with Crippen molar-refractivity contribution in [1.82, 2.24) is 10.6 Å². The Hall–Kier alpha value is 0.260. The molecule has 1 saturated heterocycles. The van der Waals surface area contributed by atoms with Crippen molar-refractivity contribution in [3.8, 4) is 0 Å². The number of alkyl halides is 4. The average Bonchev–Trinajstić information content (AvgIpc) is 2.45. The smallest absolute Gasteiger partial charge is 0.366 e.